The minimum absolute atomic E-state index is 0.0302. The van der Waals surface area contributed by atoms with Crippen LogP contribution in [0.25, 0.3) is 11.0 Å². The SMILES string of the molecule is Cc1cccc(N2CCN(C(=O)Cn3c(=O)cnc4ccccc43)CC2)c1. The molecule has 0 aliphatic carbocycles. The Labute approximate surface area is 157 Å². The molecule has 2 heterocycles. The van der Waals surface area contributed by atoms with Crippen molar-refractivity contribution in [1.82, 2.24) is 14.5 Å². The Hall–Kier alpha value is -3.15. The van der Waals surface area contributed by atoms with E-state index in [-0.39, 0.29) is 18.0 Å². The largest absolute Gasteiger partial charge is 0.368 e. The van der Waals surface area contributed by atoms with E-state index in [1.807, 2.05) is 29.2 Å². The lowest BCUT2D eigenvalue weighted by molar-refractivity contribution is -0.132. The van der Waals surface area contributed by atoms with Gasteiger partial charge in [-0.05, 0) is 36.8 Å². The summed E-state index contributed by atoms with van der Waals surface area (Å²) in [5.41, 5.74) is 3.58. The first-order valence-corrected chi connectivity index (χ1v) is 9.16. The molecule has 0 atom stereocenters. The number of hydrogen-bond acceptors (Lipinski definition) is 4. The van der Waals surface area contributed by atoms with Crippen LogP contribution in [0.4, 0.5) is 5.69 Å². The second-order valence-electron chi connectivity index (χ2n) is 6.88. The molecule has 0 unspecified atom stereocenters. The van der Waals surface area contributed by atoms with Crippen molar-refractivity contribution in [1.29, 1.82) is 0 Å². The predicted molar refractivity (Wildman–Crippen MR) is 106 cm³/mol. The van der Waals surface area contributed by atoms with Crippen molar-refractivity contribution in [2.75, 3.05) is 31.1 Å². The molecule has 4 rings (SSSR count). The van der Waals surface area contributed by atoms with Crippen LogP contribution in [0, 0.1) is 6.92 Å². The number of benzene rings is 2. The lowest BCUT2D eigenvalue weighted by Gasteiger charge is -2.36. The van der Waals surface area contributed by atoms with E-state index in [4.69, 9.17) is 0 Å². The van der Waals surface area contributed by atoms with Gasteiger partial charge in [0.25, 0.3) is 5.56 Å². The summed E-state index contributed by atoms with van der Waals surface area (Å²) in [5, 5.41) is 0. The molecule has 6 nitrogen and oxygen atoms in total. The van der Waals surface area contributed by atoms with Crippen molar-refractivity contribution >= 4 is 22.6 Å². The molecule has 1 aliphatic rings. The van der Waals surface area contributed by atoms with Gasteiger partial charge in [0.15, 0.2) is 0 Å². The smallest absolute Gasteiger partial charge is 0.269 e. The first kappa shape index (κ1) is 17.3. The normalized spacial score (nSPS) is 14.6. The van der Waals surface area contributed by atoms with Crippen molar-refractivity contribution in [3.63, 3.8) is 0 Å². The Morgan fingerprint density at radius 2 is 1.81 bits per heavy atom. The van der Waals surface area contributed by atoms with Gasteiger partial charge in [-0.1, -0.05) is 24.3 Å². The molecular formula is C21H22N4O2. The molecule has 1 fully saturated rings. The lowest BCUT2D eigenvalue weighted by atomic mass is 10.2. The van der Waals surface area contributed by atoms with E-state index >= 15 is 0 Å². The second-order valence-corrected chi connectivity index (χ2v) is 6.88. The maximum Gasteiger partial charge on any atom is 0.269 e. The third kappa shape index (κ3) is 3.56. The summed E-state index contributed by atoms with van der Waals surface area (Å²) in [7, 11) is 0. The van der Waals surface area contributed by atoms with Gasteiger partial charge in [0.1, 0.15) is 6.54 Å². The van der Waals surface area contributed by atoms with E-state index in [0.29, 0.717) is 24.1 Å². The highest BCUT2D eigenvalue weighted by Gasteiger charge is 2.22. The summed E-state index contributed by atoms with van der Waals surface area (Å²) in [6.07, 6.45) is 1.28. The summed E-state index contributed by atoms with van der Waals surface area (Å²) < 4.78 is 1.51. The Kier molecular flexibility index (Phi) is 4.62. The van der Waals surface area contributed by atoms with Gasteiger partial charge in [-0.2, -0.15) is 0 Å². The van der Waals surface area contributed by atoms with Crippen LogP contribution in [-0.4, -0.2) is 46.5 Å². The number of hydrogen-bond donors (Lipinski definition) is 0. The maximum absolute atomic E-state index is 12.8. The Bertz CT molecular complexity index is 1040. The van der Waals surface area contributed by atoms with Crippen molar-refractivity contribution in [2.24, 2.45) is 0 Å². The zero-order valence-electron chi connectivity index (χ0n) is 15.3. The van der Waals surface area contributed by atoms with E-state index in [1.165, 1.54) is 22.0 Å². The number of aromatic nitrogens is 2. The molecule has 0 saturated carbocycles. The van der Waals surface area contributed by atoms with Crippen molar-refractivity contribution in [2.45, 2.75) is 13.5 Å². The Morgan fingerprint density at radius 1 is 1.04 bits per heavy atom. The standard InChI is InChI=1S/C21H22N4O2/c1-16-5-4-6-17(13-16)23-9-11-24(12-10-23)21(27)15-25-19-8-3-2-7-18(19)22-14-20(25)26/h2-8,13-14H,9-12,15H2,1H3. The van der Waals surface area contributed by atoms with Gasteiger partial charge < -0.3 is 9.80 Å². The maximum atomic E-state index is 12.8. The van der Waals surface area contributed by atoms with E-state index in [9.17, 15) is 9.59 Å². The number of carbonyl (C=O) groups excluding carboxylic acids is 1. The molecule has 0 radical (unpaired) electrons. The zero-order chi connectivity index (χ0) is 18.8. The fourth-order valence-corrected chi connectivity index (χ4v) is 3.55. The number of para-hydroxylation sites is 2. The van der Waals surface area contributed by atoms with Crippen molar-refractivity contribution in [3.8, 4) is 0 Å². The van der Waals surface area contributed by atoms with Crippen LogP contribution in [0.1, 0.15) is 5.56 Å². The Balaban J connectivity index is 1.46. The molecule has 138 valence electrons. The number of rotatable bonds is 3. The zero-order valence-corrected chi connectivity index (χ0v) is 15.3. The van der Waals surface area contributed by atoms with E-state index in [1.54, 1.807) is 0 Å². The first-order chi connectivity index (χ1) is 13.1. The lowest BCUT2D eigenvalue weighted by Crippen LogP contribution is -2.50. The van der Waals surface area contributed by atoms with Crippen LogP contribution in [0.2, 0.25) is 0 Å². The van der Waals surface area contributed by atoms with Crippen LogP contribution >= 0.6 is 0 Å². The number of piperazine rings is 1. The molecule has 27 heavy (non-hydrogen) atoms. The van der Waals surface area contributed by atoms with Gasteiger partial charge in [0.2, 0.25) is 5.91 Å². The highest BCUT2D eigenvalue weighted by Crippen LogP contribution is 2.18. The Morgan fingerprint density at radius 3 is 2.59 bits per heavy atom. The fourth-order valence-electron chi connectivity index (χ4n) is 3.55. The molecule has 1 aliphatic heterocycles. The third-order valence-corrected chi connectivity index (χ3v) is 5.05. The number of fused-ring (bicyclic) bond motifs is 1. The highest BCUT2D eigenvalue weighted by atomic mass is 16.2. The van der Waals surface area contributed by atoms with E-state index < -0.39 is 0 Å². The number of carbonyl (C=O) groups is 1. The van der Waals surface area contributed by atoms with Gasteiger partial charge in [0, 0.05) is 31.9 Å². The van der Waals surface area contributed by atoms with Crippen LogP contribution in [-0.2, 0) is 11.3 Å². The fraction of sp³-hybridized carbons (Fsp3) is 0.286. The average molecular weight is 362 g/mol. The number of anilines is 1. The highest BCUT2D eigenvalue weighted by molar-refractivity contribution is 5.80. The monoisotopic (exact) mass is 362 g/mol. The molecule has 1 saturated heterocycles. The molecule has 0 bridgehead atoms. The third-order valence-electron chi connectivity index (χ3n) is 5.05. The molecule has 1 aromatic heterocycles. The number of aryl methyl sites for hydroxylation is 1. The number of nitrogens with zero attached hydrogens (tertiary/aromatic N) is 4. The second kappa shape index (κ2) is 7.23. The van der Waals surface area contributed by atoms with Gasteiger partial charge in [-0.3, -0.25) is 14.2 Å². The summed E-state index contributed by atoms with van der Waals surface area (Å²) in [6, 6.07) is 15.8. The summed E-state index contributed by atoms with van der Waals surface area (Å²) in [5.74, 6) is -0.0302. The molecule has 0 spiro atoms. The van der Waals surface area contributed by atoms with Crippen LogP contribution in [0.15, 0.2) is 59.5 Å². The van der Waals surface area contributed by atoms with E-state index in [2.05, 4.69) is 41.1 Å². The van der Waals surface area contributed by atoms with Crippen LogP contribution in [0.5, 0.6) is 0 Å². The summed E-state index contributed by atoms with van der Waals surface area (Å²) >= 11 is 0. The predicted octanol–water partition coefficient (Wildman–Crippen LogP) is 2.05. The van der Waals surface area contributed by atoms with Crippen molar-refractivity contribution in [3.05, 3.63) is 70.6 Å². The van der Waals surface area contributed by atoms with Gasteiger partial charge >= 0.3 is 0 Å². The van der Waals surface area contributed by atoms with Gasteiger partial charge in [-0.15, -0.1) is 0 Å². The van der Waals surface area contributed by atoms with Crippen LogP contribution < -0.4 is 10.5 Å². The van der Waals surface area contributed by atoms with Crippen LogP contribution in [0.3, 0.4) is 0 Å². The minimum atomic E-state index is -0.250. The first-order valence-electron chi connectivity index (χ1n) is 9.16. The summed E-state index contributed by atoms with van der Waals surface area (Å²) in [6.45, 7) is 5.03. The molecular weight excluding hydrogens is 340 g/mol. The van der Waals surface area contributed by atoms with Gasteiger partial charge in [0.05, 0.1) is 17.2 Å². The molecule has 2 aromatic carbocycles. The number of amides is 1. The van der Waals surface area contributed by atoms with Gasteiger partial charge in [-0.25, -0.2) is 4.98 Å². The molecule has 1 amide bonds. The minimum Gasteiger partial charge on any atom is -0.368 e. The quantitative estimate of drug-likeness (QED) is 0.716. The average Bonchev–Trinajstić information content (AvgIpc) is 2.70. The molecule has 6 heteroatoms. The summed E-state index contributed by atoms with van der Waals surface area (Å²) in [4.78, 5) is 33.3. The van der Waals surface area contributed by atoms with Crippen molar-refractivity contribution < 1.29 is 4.79 Å². The molecule has 3 aromatic rings. The topological polar surface area (TPSA) is 58.4 Å². The molecule has 0 N–H and O–H groups in total. The van der Waals surface area contributed by atoms with E-state index in [0.717, 1.165) is 13.1 Å².